The van der Waals surface area contributed by atoms with Gasteiger partial charge in [0, 0.05) is 27.2 Å². The van der Waals surface area contributed by atoms with Gasteiger partial charge in [0.05, 0.1) is 4.92 Å². The molecule has 0 aliphatic heterocycles. The van der Waals surface area contributed by atoms with Crippen molar-refractivity contribution < 1.29 is 4.92 Å². The summed E-state index contributed by atoms with van der Waals surface area (Å²) in [6.07, 6.45) is 0.379. The normalized spacial score (nSPS) is 12.2. The molecule has 6 heteroatoms. The molecular weight excluding hydrogens is 344 g/mol. The zero-order valence-corrected chi connectivity index (χ0v) is 12.8. The molecule has 1 unspecified atom stereocenters. The lowest BCUT2D eigenvalue weighted by atomic mass is 9.99. The molecule has 0 aliphatic carbocycles. The smallest absolute Gasteiger partial charge is 0.272 e. The van der Waals surface area contributed by atoms with Crippen molar-refractivity contribution in [1.29, 1.82) is 0 Å². The molecule has 20 heavy (non-hydrogen) atoms. The van der Waals surface area contributed by atoms with Crippen LogP contribution in [0.15, 0.2) is 46.9 Å². The largest absolute Gasteiger partial charge is 0.324 e. The number of rotatable bonds is 4. The summed E-state index contributed by atoms with van der Waals surface area (Å²) >= 11 is 9.34. The molecule has 104 valence electrons. The quantitative estimate of drug-likeness (QED) is 0.658. The van der Waals surface area contributed by atoms with Gasteiger partial charge >= 0.3 is 0 Å². The van der Waals surface area contributed by atoms with E-state index in [-0.39, 0.29) is 11.7 Å². The van der Waals surface area contributed by atoms with Gasteiger partial charge in [-0.15, -0.1) is 0 Å². The summed E-state index contributed by atoms with van der Waals surface area (Å²) in [6.45, 7) is 0. The molecular formula is C14H12BrClN2O2. The molecule has 2 rings (SSSR count). The molecule has 0 heterocycles. The Morgan fingerprint density at radius 2 is 2.00 bits per heavy atom. The first-order valence-corrected chi connectivity index (χ1v) is 7.08. The van der Waals surface area contributed by atoms with E-state index in [1.54, 1.807) is 30.3 Å². The Balaban J connectivity index is 2.28. The number of para-hydroxylation sites is 1. The van der Waals surface area contributed by atoms with Gasteiger partial charge in [-0.2, -0.15) is 0 Å². The van der Waals surface area contributed by atoms with Crippen molar-refractivity contribution in [2.75, 3.05) is 0 Å². The number of nitro groups is 1. The number of nitro benzene ring substituents is 1. The lowest BCUT2D eigenvalue weighted by Gasteiger charge is -2.13. The second kappa shape index (κ2) is 6.35. The van der Waals surface area contributed by atoms with E-state index in [2.05, 4.69) is 15.9 Å². The fraction of sp³-hybridized carbons (Fsp3) is 0.143. The van der Waals surface area contributed by atoms with E-state index in [9.17, 15) is 10.1 Å². The second-order valence-electron chi connectivity index (χ2n) is 4.40. The summed E-state index contributed by atoms with van der Waals surface area (Å²) < 4.78 is 0.831. The molecule has 1 atom stereocenters. The Morgan fingerprint density at radius 3 is 2.65 bits per heavy atom. The third kappa shape index (κ3) is 3.56. The first kappa shape index (κ1) is 15.0. The number of nitrogens with zero attached hydrogens (tertiary/aromatic N) is 1. The monoisotopic (exact) mass is 354 g/mol. The Hall–Kier alpha value is -1.43. The van der Waals surface area contributed by atoms with Gasteiger partial charge in [0.25, 0.3) is 5.69 Å². The lowest BCUT2D eigenvalue weighted by Crippen LogP contribution is -2.14. The van der Waals surface area contributed by atoms with Crippen LogP contribution in [0, 0.1) is 10.1 Å². The average Bonchev–Trinajstić information content (AvgIpc) is 2.37. The average molecular weight is 356 g/mol. The van der Waals surface area contributed by atoms with Crippen molar-refractivity contribution >= 4 is 33.2 Å². The molecule has 4 nitrogen and oxygen atoms in total. The van der Waals surface area contributed by atoms with Gasteiger partial charge in [-0.1, -0.05) is 45.7 Å². The van der Waals surface area contributed by atoms with Crippen LogP contribution in [0.2, 0.25) is 5.02 Å². The molecule has 0 fully saturated rings. The summed E-state index contributed by atoms with van der Waals surface area (Å²) in [4.78, 5) is 10.6. The van der Waals surface area contributed by atoms with Crippen LogP contribution in [0.3, 0.4) is 0 Å². The molecule has 0 amide bonds. The summed E-state index contributed by atoms with van der Waals surface area (Å²) in [5, 5.41) is 11.6. The van der Waals surface area contributed by atoms with Gasteiger partial charge in [0.15, 0.2) is 0 Å². The predicted octanol–water partition coefficient (Wildman–Crippen LogP) is 4.25. The minimum Gasteiger partial charge on any atom is -0.324 e. The van der Waals surface area contributed by atoms with Gasteiger partial charge in [-0.05, 0) is 30.2 Å². The fourth-order valence-corrected chi connectivity index (χ4v) is 2.89. The van der Waals surface area contributed by atoms with Gasteiger partial charge in [0.1, 0.15) is 0 Å². The van der Waals surface area contributed by atoms with Crippen molar-refractivity contribution in [1.82, 2.24) is 0 Å². The maximum absolute atomic E-state index is 11.0. The van der Waals surface area contributed by atoms with Crippen LogP contribution in [0.25, 0.3) is 0 Å². The first-order chi connectivity index (χ1) is 9.47. The highest BCUT2D eigenvalue weighted by molar-refractivity contribution is 9.10. The van der Waals surface area contributed by atoms with E-state index in [0.29, 0.717) is 17.0 Å². The van der Waals surface area contributed by atoms with Crippen LogP contribution in [0.1, 0.15) is 17.2 Å². The van der Waals surface area contributed by atoms with Crippen LogP contribution in [0.4, 0.5) is 5.69 Å². The molecule has 0 bridgehead atoms. The lowest BCUT2D eigenvalue weighted by molar-refractivity contribution is -0.385. The number of benzene rings is 2. The highest BCUT2D eigenvalue weighted by Gasteiger charge is 2.16. The Labute approximate surface area is 129 Å². The van der Waals surface area contributed by atoms with Gasteiger partial charge in [0.2, 0.25) is 0 Å². The third-order valence-electron chi connectivity index (χ3n) is 2.94. The van der Waals surface area contributed by atoms with Crippen molar-refractivity contribution in [2.45, 2.75) is 12.5 Å². The van der Waals surface area contributed by atoms with E-state index in [1.165, 1.54) is 6.07 Å². The van der Waals surface area contributed by atoms with Gasteiger partial charge < -0.3 is 5.73 Å². The van der Waals surface area contributed by atoms with Crippen LogP contribution in [-0.4, -0.2) is 4.92 Å². The molecule has 0 saturated carbocycles. The summed E-state index contributed by atoms with van der Waals surface area (Å²) in [5.41, 5.74) is 7.67. The minimum atomic E-state index is -0.393. The number of hydrogen-bond acceptors (Lipinski definition) is 3. The zero-order chi connectivity index (χ0) is 14.7. The van der Waals surface area contributed by atoms with Gasteiger partial charge in [-0.25, -0.2) is 0 Å². The fourth-order valence-electron chi connectivity index (χ4n) is 2.01. The molecule has 2 N–H and O–H groups in total. The first-order valence-electron chi connectivity index (χ1n) is 5.91. The van der Waals surface area contributed by atoms with Crippen LogP contribution < -0.4 is 5.73 Å². The summed E-state index contributed by atoms with van der Waals surface area (Å²) in [6, 6.07) is 11.7. The molecule has 2 aromatic rings. The minimum absolute atomic E-state index is 0.0871. The van der Waals surface area contributed by atoms with Crippen LogP contribution in [-0.2, 0) is 6.42 Å². The molecule has 0 aromatic heterocycles. The van der Waals surface area contributed by atoms with E-state index < -0.39 is 4.92 Å². The number of hydrogen-bond donors (Lipinski definition) is 1. The van der Waals surface area contributed by atoms with Crippen molar-refractivity contribution in [3.8, 4) is 0 Å². The van der Waals surface area contributed by atoms with Crippen LogP contribution >= 0.6 is 27.5 Å². The zero-order valence-electron chi connectivity index (χ0n) is 10.4. The van der Waals surface area contributed by atoms with E-state index in [0.717, 1.165) is 10.0 Å². The maximum atomic E-state index is 11.0. The summed E-state index contributed by atoms with van der Waals surface area (Å²) in [7, 11) is 0. The maximum Gasteiger partial charge on any atom is 0.272 e. The third-order valence-corrected chi connectivity index (χ3v) is 3.62. The Kier molecular flexibility index (Phi) is 4.75. The van der Waals surface area contributed by atoms with Crippen LogP contribution in [0.5, 0.6) is 0 Å². The van der Waals surface area contributed by atoms with Crippen molar-refractivity contribution in [3.05, 3.63) is 73.2 Å². The molecule has 0 spiro atoms. The molecule has 0 aliphatic rings. The summed E-state index contributed by atoms with van der Waals surface area (Å²) in [5.74, 6) is 0. The second-order valence-corrected chi connectivity index (χ2v) is 5.75. The SMILES string of the molecule is NC(Cc1ccccc1[N+](=O)[O-])c1cc(Cl)cc(Br)c1. The van der Waals surface area contributed by atoms with Gasteiger partial charge in [-0.3, -0.25) is 10.1 Å². The van der Waals surface area contributed by atoms with Crippen molar-refractivity contribution in [3.63, 3.8) is 0 Å². The van der Waals surface area contributed by atoms with E-state index in [1.807, 2.05) is 6.07 Å². The predicted molar refractivity (Wildman–Crippen MR) is 82.9 cm³/mol. The number of nitrogens with two attached hydrogens (primary N) is 1. The van der Waals surface area contributed by atoms with Crippen molar-refractivity contribution in [2.24, 2.45) is 5.73 Å². The number of halogens is 2. The Bertz CT molecular complexity index is 629. The highest BCUT2D eigenvalue weighted by atomic mass is 79.9. The molecule has 2 aromatic carbocycles. The standard InChI is InChI=1S/C14H12BrClN2O2/c15-11-5-10(6-12(16)8-11)13(17)7-9-3-1-2-4-14(9)18(19)20/h1-6,8,13H,7,17H2. The van der Waals surface area contributed by atoms with E-state index in [4.69, 9.17) is 17.3 Å². The Morgan fingerprint density at radius 1 is 1.30 bits per heavy atom. The topological polar surface area (TPSA) is 69.2 Å². The molecule has 0 radical (unpaired) electrons. The highest BCUT2D eigenvalue weighted by Crippen LogP contribution is 2.27. The molecule has 0 saturated heterocycles. The van der Waals surface area contributed by atoms with E-state index >= 15 is 0 Å².